The fraction of sp³-hybridized carbons (Fsp3) is 0.308. The zero-order valence-corrected chi connectivity index (χ0v) is 16.8. The second-order valence-corrected chi connectivity index (χ2v) is 7.84. The molecule has 5 atom stereocenters. The Labute approximate surface area is 177 Å². The number of hydrogen-bond acceptors (Lipinski definition) is 4. The Morgan fingerprint density at radius 1 is 0.667 bits per heavy atom. The minimum absolute atomic E-state index is 0.0468. The quantitative estimate of drug-likeness (QED) is 0.574. The summed E-state index contributed by atoms with van der Waals surface area (Å²) in [6.45, 7) is 1.57. The van der Waals surface area contributed by atoms with Gasteiger partial charge in [0, 0.05) is 0 Å². The Morgan fingerprint density at radius 3 is 1.80 bits per heavy atom. The van der Waals surface area contributed by atoms with Gasteiger partial charge in [-0.15, -0.1) is 0 Å². The molecule has 0 radical (unpaired) electrons. The van der Waals surface area contributed by atoms with Crippen molar-refractivity contribution in [3.05, 3.63) is 108 Å². The van der Waals surface area contributed by atoms with Gasteiger partial charge in [-0.1, -0.05) is 91.0 Å². The molecule has 30 heavy (non-hydrogen) atoms. The third-order valence-electron chi connectivity index (χ3n) is 5.83. The van der Waals surface area contributed by atoms with E-state index in [0.717, 1.165) is 16.7 Å². The second kappa shape index (κ2) is 9.11. The Bertz CT molecular complexity index is 916. The molecule has 0 spiro atoms. The predicted octanol–water partition coefficient (Wildman–Crippen LogP) is 4.70. The number of rotatable bonds is 7. The average molecular weight is 402 g/mol. The fourth-order valence-corrected chi connectivity index (χ4v) is 4.33. The molecule has 0 N–H and O–H groups in total. The summed E-state index contributed by atoms with van der Waals surface area (Å²) in [4.78, 5) is 0. The van der Waals surface area contributed by atoms with Crippen LogP contribution in [0.3, 0.4) is 0 Å². The van der Waals surface area contributed by atoms with E-state index in [1.807, 2.05) is 54.6 Å². The third-order valence-corrected chi connectivity index (χ3v) is 5.83. The molecule has 2 heterocycles. The van der Waals surface area contributed by atoms with Gasteiger partial charge in [0.05, 0.1) is 31.8 Å². The lowest BCUT2D eigenvalue weighted by Crippen LogP contribution is -2.51. The highest BCUT2D eigenvalue weighted by atomic mass is 16.7. The molecule has 3 aromatic carbocycles. The van der Waals surface area contributed by atoms with Crippen molar-refractivity contribution in [3.63, 3.8) is 0 Å². The second-order valence-electron chi connectivity index (χ2n) is 7.84. The van der Waals surface area contributed by atoms with Crippen molar-refractivity contribution >= 4 is 0 Å². The molecule has 2 bridgehead atoms. The van der Waals surface area contributed by atoms with Crippen LogP contribution in [0.1, 0.15) is 22.6 Å². The topological polar surface area (TPSA) is 36.9 Å². The first kappa shape index (κ1) is 19.5. The van der Waals surface area contributed by atoms with Crippen molar-refractivity contribution in [2.75, 3.05) is 6.61 Å². The highest BCUT2D eigenvalue weighted by Crippen LogP contribution is 2.42. The summed E-state index contributed by atoms with van der Waals surface area (Å²) in [5.74, 6) is -0.0468. The van der Waals surface area contributed by atoms with Gasteiger partial charge in [0.25, 0.3) is 0 Å². The van der Waals surface area contributed by atoms with Gasteiger partial charge < -0.3 is 18.9 Å². The Balaban J connectivity index is 1.41. The SMILES string of the molecule is c1ccc(CO[C@@H]2[C@@H](OCc3ccccc3)[C@H]3CO[C@H](O3)[C@H]2c2ccccc2)cc1. The summed E-state index contributed by atoms with van der Waals surface area (Å²) >= 11 is 0. The number of hydrogen-bond donors (Lipinski definition) is 0. The van der Waals surface area contributed by atoms with E-state index in [2.05, 4.69) is 36.4 Å². The molecule has 0 aliphatic carbocycles. The minimum atomic E-state index is -0.310. The summed E-state index contributed by atoms with van der Waals surface area (Å²) < 4.78 is 25.2. The summed E-state index contributed by atoms with van der Waals surface area (Å²) in [6.07, 6.45) is -0.811. The van der Waals surface area contributed by atoms with Gasteiger partial charge in [0.1, 0.15) is 12.2 Å². The molecule has 154 valence electrons. The maximum Gasteiger partial charge on any atom is 0.167 e. The highest BCUT2D eigenvalue weighted by molar-refractivity contribution is 5.24. The van der Waals surface area contributed by atoms with E-state index in [4.69, 9.17) is 18.9 Å². The lowest BCUT2D eigenvalue weighted by molar-refractivity contribution is -0.214. The summed E-state index contributed by atoms with van der Waals surface area (Å²) in [5.41, 5.74) is 3.43. The number of fused-ring (bicyclic) bond motifs is 2. The van der Waals surface area contributed by atoms with E-state index in [1.54, 1.807) is 0 Å². The van der Waals surface area contributed by atoms with E-state index in [-0.39, 0.29) is 30.5 Å². The molecular weight excluding hydrogens is 376 g/mol. The Hall–Kier alpha value is -2.50. The first-order valence-electron chi connectivity index (χ1n) is 10.5. The van der Waals surface area contributed by atoms with Crippen LogP contribution in [0.4, 0.5) is 0 Å². The van der Waals surface area contributed by atoms with Gasteiger partial charge in [-0.2, -0.15) is 0 Å². The van der Waals surface area contributed by atoms with E-state index in [0.29, 0.717) is 19.8 Å². The molecule has 0 saturated carbocycles. The predicted molar refractivity (Wildman–Crippen MR) is 114 cm³/mol. The standard InChI is InChI=1S/C26H26O4/c1-4-10-19(11-5-1)16-27-24-22-18-29-26(30-22)23(21-14-8-3-9-15-21)25(24)28-17-20-12-6-2-7-13-20/h1-15,22-26H,16-18H2/t22-,23+,24+,25+,26-/m1/s1. The Morgan fingerprint density at radius 2 is 1.20 bits per heavy atom. The van der Waals surface area contributed by atoms with E-state index in [1.165, 1.54) is 0 Å². The van der Waals surface area contributed by atoms with Crippen LogP contribution in [-0.4, -0.2) is 31.2 Å². The third kappa shape index (κ3) is 4.18. The molecule has 0 unspecified atom stereocenters. The first-order valence-corrected chi connectivity index (χ1v) is 10.5. The highest BCUT2D eigenvalue weighted by Gasteiger charge is 2.52. The van der Waals surface area contributed by atoms with Crippen LogP contribution >= 0.6 is 0 Å². The van der Waals surface area contributed by atoms with Crippen LogP contribution in [0.25, 0.3) is 0 Å². The van der Waals surface area contributed by atoms with Gasteiger partial charge in [0.2, 0.25) is 0 Å². The van der Waals surface area contributed by atoms with Crippen molar-refractivity contribution < 1.29 is 18.9 Å². The molecule has 2 aliphatic heterocycles. The van der Waals surface area contributed by atoms with Crippen LogP contribution in [-0.2, 0) is 32.2 Å². The van der Waals surface area contributed by atoms with E-state index in [9.17, 15) is 0 Å². The molecule has 0 aromatic heterocycles. The van der Waals surface area contributed by atoms with Crippen molar-refractivity contribution in [2.45, 2.75) is 43.7 Å². The molecule has 4 heteroatoms. The zero-order chi connectivity index (χ0) is 20.2. The van der Waals surface area contributed by atoms with Gasteiger partial charge in [-0.3, -0.25) is 0 Å². The monoisotopic (exact) mass is 402 g/mol. The molecule has 2 fully saturated rings. The summed E-state index contributed by atoms with van der Waals surface area (Å²) in [5, 5.41) is 0. The molecule has 4 nitrogen and oxygen atoms in total. The first-order chi connectivity index (χ1) is 14.9. The van der Waals surface area contributed by atoms with Crippen LogP contribution in [0.5, 0.6) is 0 Å². The van der Waals surface area contributed by atoms with Crippen LogP contribution in [0.15, 0.2) is 91.0 Å². The number of benzene rings is 3. The average Bonchev–Trinajstić information content (AvgIpc) is 3.23. The lowest BCUT2D eigenvalue weighted by atomic mass is 9.86. The normalized spacial score (nSPS) is 27.8. The molecule has 2 saturated heterocycles. The molecule has 3 aromatic rings. The maximum absolute atomic E-state index is 6.53. The molecule has 2 aliphatic rings. The van der Waals surface area contributed by atoms with E-state index < -0.39 is 0 Å². The van der Waals surface area contributed by atoms with Crippen molar-refractivity contribution in [1.29, 1.82) is 0 Å². The molecule has 5 rings (SSSR count). The Kier molecular flexibility index (Phi) is 5.91. The van der Waals surface area contributed by atoms with Crippen LogP contribution in [0.2, 0.25) is 0 Å². The van der Waals surface area contributed by atoms with Gasteiger partial charge in [-0.25, -0.2) is 0 Å². The fourth-order valence-electron chi connectivity index (χ4n) is 4.33. The summed E-state index contributed by atoms with van der Waals surface area (Å²) in [6, 6.07) is 30.8. The van der Waals surface area contributed by atoms with Crippen molar-refractivity contribution in [1.82, 2.24) is 0 Å². The largest absolute Gasteiger partial charge is 0.370 e. The van der Waals surface area contributed by atoms with Gasteiger partial charge in [0.15, 0.2) is 6.29 Å². The van der Waals surface area contributed by atoms with E-state index >= 15 is 0 Å². The van der Waals surface area contributed by atoms with Crippen molar-refractivity contribution in [3.8, 4) is 0 Å². The van der Waals surface area contributed by atoms with Crippen molar-refractivity contribution in [2.24, 2.45) is 0 Å². The van der Waals surface area contributed by atoms with Gasteiger partial charge in [-0.05, 0) is 16.7 Å². The van der Waals surface area contributed by atoms with Crippen LogP contribution < -0.4 is 0 Å². The number of ether oxygens (including phenoxy) is 4. The zero-order valence-electron chi connectivity index (χ0n) is 16.8. The summed E-state index contributed by atoms with van der Waals surface area (Å²) in [7, 11) is 0. The van der Waals surface area contributed by atoms with Gasteiger partial charge >= 0.3 is 0 Å². The van der Waals surface area contributed by atoms with Crippen LogP contribution in [0, 0.1) is 0 Å². The lowest BCUT2D eigenvalue weighted by Gasteiger charge is -2.41. The molecule has 0 amide bonds. The molecular formula is C26H26O4. The maximum atomic E-state index is 6.53. The smallest absolute Gasteiger partial charge is 0.167 e. The minimum Gasteiger partial charge on any atom is -0.370 e.